The van der Waals surface area contributed by atoms with Gasteiger partial charge in [-0.1, -0.05) is 32.0 Å². The van der Waals surface area contributed by atoms with Crippen LogP contribution in [0.2, 0.25) is 0 Å². The first-order chi connectivity index (χ1) is 9.51. The van der Waals surface area contributed by atoms with Crippen molar-refractivity contribution in [3.8, 4) is 0 Å². The summed E-state index contributed by atoms with van der Waals surface area (Å²) in [7, 11) is 0. The van der Waals surface area contributed by atoms with E-state index in [2.05, 4.69) is 28.8 Å². The van der Waals surface area contributed by atoms with Crippen LogP contribution in [0.5, 0.6) is 0 Å². The van der Waals surface area contributed by atoms with Crippen LogP contribution in [0.15, 0.2) is 11.4 Å². The van der Waals surface area contributed by atoms with Gasteiger partial charge in [0.05, 0.1) is 12.1 Å². The van der Waals surface area contributed by atoms with E-state index in [1.54, 1.807) is 6.33 Å². The van der Waals surface area contributed by atoms with Crippen molar-refractivity contribution in [3.63, 3.8) is 0 Å². The lowest BCUT2D eigenvalue weighted by molar-refractivity contribution is -0.133. The van der Waals surface area contributed by atoms with Gasteiger partial charge in [-0.05, 0) is 5.92 Å². The molecule has 3 N–H and O–H groups in total. The summed E-state index contributed by atoms with van der Waals surface area (Å²) in [5.74, 6) is -0.349. The lowest BCUT2D eigenvalue weighted by atomic mass is 10.1. The zero-order valence-electron chi connectivity index (χ0n) is 11.4. The Kier molecular flexibility index (Phi) is 4.43. The summed E-state index contributed by atoms with van der Waals surface area (Å²) >= 11 is 1.10. The zero-order valence-corrected chi connectivity index (χ0v) is 12.2. The average molecular weight is 295 g/mol. The number of thioether (sulfide) groups is 1. The molecule has 0 saturated heterocycles. The van der Waals surface area contributed by atoms with Crippen LogP contribution in [0.3, 0.4) is 0 Å². The molecule has 0 radical (unpaired) electrons. The summed E-state index contributed by atoms with van der Waals surface area (Å²) in [4.78, 5) is 23.2. The summed E-state index contributed by atoms with van der Waals surface area (Å²) in [5, 5.41) is 9.26. The third kappa shape index (κ3) is 3.19. The Morgan fingerprint density at radius 1 is 1.55 bits per heavy atom. The van der Waals surface area contributed by atoms with Crippen LogP contribution in [0.1, 0.15) is 20.3 Å². The summed E-state index contributed by atoms with van der Waals surface area (Å²) in [5.41, 5.74) is 6.96. The highest BCUT2D eigenvalue weighted by Crippen LogP contribution is 2.25. The molecule has 0 fully saturated rings. The van der Waals surface area contributed by atoms with E-state index < -0.39 is 5.97 Å². The van der Waals surface area contributed by atoms with Crippen LogP contribution >= 0.6 is 11.8 Å². The molecule has 0 aliphatic carbocycles. The van der Waals surface area contributed by atoms with E-state index in [0.717, 1.165) is 24.7 Å². The second kappa shape index (κ2) is 6.08. The minimum atomic E-state index is -0.903. The Morgan fingerprint density at radius 2 is 2.30 bits per heavy atom. The summed E-state index contributed by atoms with van der Waals surface area (Å²) in [6.45, 7) is 5.07. The van der Waals surface area contributed by atoms with E-state index >= 15 is 0 Å². The molecule has 0 spiro atoms. The molecule has 0 saturated carbocycles. The van der Waals surface area contributed by atoms with Crippen molar-refractivity contribution in [2.24, 2.45) is 5.92 Å². The SMILES string of the molecule is CC[C@@H](C)Cn1cnc2c(SCC(=O)O)nc(N)nc21. The molecule has 2 aromatic heterocycles. The predicted octanol–water partition coefficient (Wildman–Crippen LogP) is 1.63. The average Bonchev–Trinajstić information content (AvgIpc) is 2.79. The number of aliphatic carboxylic acids is 1. The molecule has 0 bridgehead atoms. The fourth-order valence-corrected chi connectivity index (χ4v) is 2.46. The molecular formula is C12H17N5O2S. The number of fused-ring (bicyclic) bond motifs is 1. The van der Waals surface area contributed by atoms with Crippen molar-refractivity contribution in [2.45, 2.75) is 31.8 Å². The van der Waals surface area contributed by atoms with Crippen molar-refractivity contribution in [1.29, 1.82) is 0 Å². The van der Waals surface area contributed by atoms with Gasteiger partial charge in [-0.3, -0.25) is 4.79 Å². The quantitative estimate of drug-likeness (QED) is 0.616. The Bertz CT molecular complexity index is 628. The van der Waals surface area contributed by atoms with Crippen molar-refractivity contribution in [1.82, 2.24) is 19.5 Å². The Labute approximate surface area is 120 Å². The van der Waals surface area contributed by atoms with Gasteiger partial charge in [0.15, 0.2) is 5.65 Å². The number of hydrogen-bond donors (Lipinski definition) is 2. The molecule has 0 amide bonds. The number of imidazole rings is 1. The number of carboxylic acid groups (broad SMARTS) is 1. The number of nitrogens with two attached hydrogens (primary N) is 1. The van der Waals surface area contributed by atoms with Crippen LogP contribution in [0.4, 0.5) is 5.95 Å². The van der Waals surface area contributed by atoms with Gasteiger partial charge >= 0.3 is 5.97 Å². The maximum absolute atomic E-state index is 10.7. The fraction of sp³-hybridized carbons (Fsp3) is 0.500. The maximum Gasteiger partial charge on any atom is 0.313 e. The van der Waals surface area contributed by atoms with E-state index in [-0.39, 0.29) is 11.7 Å². The number of anilines is 1. The van der Waals surface area contributed by atoms with Crippen molar-refractivity contribution < 1.29 is 9.90 Å². The highest BCUT2D eigenvalue weighted by Gasteiger charge is 2.14. The van der Waals surface area contributed by atoms with Crippen LogP contribution in [0.25, 0.3) is 11.2 Å². The number of carboxylic acids is 1. The normalized spacial score (nSPS) is 12.7. The number of rotatable bonds is 6. The number of carbonyl (C=O) groups is 1. The largest absolute Gasteiger partial charge is 0.481 e. The topological polar surface area (TPSA) is 107 Å². The number of hydrogen-bond acceptors (Lipinski definition) is 6. The van der Waals surface area contributed by atoms with Gasteiger partial charge in [-0.15, -0.1) is 0 Å². The second-order valence-corrected chi connectivity index (χ2v) is 5.62. The van der Waals surface area contributed by atoms with Gasteiger partial charge < -0.3 is 15.4 Å². The second-order valence-electron chi connectivity index (χ2n) is 4.65. The van der Waals surface area contributed by atoms with Crippen molar-refractivity contribution in [3.05, 3.63) is 6.33 Å². The molecule has 0 unspecified atom stereocenters. The Hall–Kier alpha value is -1.83. The van der Waals surface area contributed by atoms with Gasteiger partial charge in [-0.2, -0.15) is 4.98 Å². The van der Waals surface area contributed by atoms with E-state index in [9.17, 15) is 4.79 Å². The molecule has 2 rings (SSSR count). The molecule has 1 atom stereocenters. The monoisotopic (exact) mass is 295 g/mol. The van der Waals surface area contributed by atoms with Gasteiger partial charge in [0, 0.05) is 6.54 Å². The molecule has 2 heterocycles. The molecule has 0 aliphatic heterocycles. The molecule has 20 heavy (non-hydrogen) atoms. The van der Waals surface area contributed by atoms with E-state index in [1.165, 1.54) is 0 Å². The molecule has 8 heteroatoms. The smallest absolute Gasteiger partial charge is 0.313 e. The fourth-order valence-electron chi connectivity index (χ4n) is 1.76. The van der Waals surface area contributed by atoms with Crippen LogP contribution < -0.4 is 5.73 Å². The van der Waals surface area contributed by atoms with Crippen LogP contribution in [-0.4, -0.2) is 36.3 Å². The van der Waals surface area contributed by atoms with Gasteiger partial charge in [0.25, 0.3) is 0 Å². The lowest BCUT2D eigenvalue weighted by Crippen LogP contribution is -2.07. The summed E-state index contributed by atoms with van der Waals surface area (Å²) in [6, 6.07) is 0. The first-order valence-corrected chi connectivity index (χ1v) is 7.32. The Morgan fingerprint density at radius 3 is 2.95 bits per heavy atom. The van der Waals surface area contributed by atoms with Crippen LogP contribution in [-0.2, 0) is 11.3 Å². The molecule has 2 aromatic rings. The third-order valence-corrected chi connectivity index (χ3v) is 3.94. The number of nitrogen functional groups attached to an aromatic ring is 1. The van der Waals surface area contributed by atoms with Gasteiger partial charge in [0.1, 0.15) is 10.5 Å². The van der Waals surface area contributed by atoms with E-state index in [1.807, 2.05) is 4.57 Å². The minimum absolute atomic E-state index is 0.0796. The van der Waals surface area contributed by atoms with Crippen molar-refractivity contribution >= 4 is 34.8 Å². The first-order valence-electron chi connectivity index (χ1n) is 6.34. The zero-order chi connectivity index (χ0) is 14.7. The maximum atomic E-state index is 10.7. The predicted molar refractivity (Wildman–Crippen MR) is 77.6 cm³/mol. The van der Waals surface area contributed by atoms with Crippen LogP contribution in [0, 0.1) is 5.92 Å². The van der Waals surface area contributed by atoms with Crippen molar-refractivity contribution in [2.75, 3.05) is 11.5 Å². The standard InChI is InChI=1S/C12H17N5O2S/c1-3-7(2)4-17-6-14-9-10(17)15-12(13)16-11(9)20-5-8(18)19/h6-7H,3-5H2,1-2H3,(H,18,19)(H2,13,15,16)/t7-/m1/s1. The molecule has 108 valence electrons. The lowest BCUT2D eigenvalue weighted by Gasteiger charge is -2.10. The van der Waals surface area contributed by atoms with Gasteiger partial charge in [-0.25, -0.2) is 9.97 Å². The highest BCUT2D eigenvalue weighted by molar-refractivity contribution is 8.00. The highest BCUT2D eigenvalue weighted by atomic mass is 32.2. The number of nitrogens with zero attached hydrogens (tertiary/aromatic N) is 4. The molecule has 7 nitrogen and oxygen atoms in total. The minimum Gasteiger partial charge on any atom is -0.481 e. The van der Waals surface area contributed by atoms with E-state index in [0.29, 0.717) is 22.1 Å². The number of aromatic nitrogens is 4. The van der Waals surface area contributed by atoms with E-state index in [4.69, 9.17) is 10.8 Å². The molecule has 0 aliphatic rings. The molecule has 0 aromatic carbocycles. The summed E-state index contributed by atoms with van der Waals surface area (Å²) < 4.78 is 1.94. The van der Waals surface area contributed by atoms with Gasteiger partial charge in [0.2, 0.25) is 5.95 Å². The Balaban J connectivity index is 2.37. The molecular weight excluding hydrogens is 278 g/mol. The first kappa shape index (κ1) is 14.6. The summed E-state index contributed by atoms with van der Waals surface area (Å²) in [6.07, 6.45) is 2.76. The third-order valence-electron chi connectivity index (χ3n) is 2.99.